The van der Waals surface area contributed by atoms with Gasteiger partial charge >= 0.3 is 10.2 Å². The van der Waals surface area contributed by atoms with Gasteiger partial charge in [0, 0.05) is 13.1 Å². The molecule has 1 saturated heterocycles. The minimum Gasteiger partial charge on any atom is -0.486 e. The zero-order valence-corrected chi connectivity index (χ0v) is 11.8. The van der Waals surface area contributed by atoms with Crippen LogP contribution in [-0.4, -0.2) is 38.3 Å². The van der Waals surface area contributed by atoms with E-state index in [1.165, 1.54) is 4.31 Å². The summed E-state index contributed by atoms with van der Waals surface area (Å²) < 4.78 is 33.3. The van der Waals surface area contributed by atoms with Crippen molar-refractivity contribution in [2.45, 2.75) is 12.8 Å². The molecule has 1 aromatic carbocycles. The molecule has 0 atom stereocenters. The number of hydrogen-bond acceptors (Lipinski definition) is 4. The average Bonchev–Trinajstić information content (AvgIpc) is 2.92. The van der Waals surface area contributed by atoms with Crippen LogP contribution in [0.1, 0.15) is 12.8 Å². The van der Waals surface area contributed by atoms with Crippen LogP contribution in [0.3, 0.4) is 0 Å². The zero-order chi connectivity index (χ0) is 14.6. The number of anilines is 1. The molecule has 0 aliphatic carbocycles. The topological polar surface area (TPSA) is 109 Å². The van der Waals surface area contributed by atoms with Crippen LogP contribution in [0.2, 0.25) is 0 Å². The van der Waals surface area contributed by atoms with Crippen LogP contribution in [0, 0.1) is 5.41 Å². The van der Waals surface area contributed by atoms with Gasteiger partial charge in [0.1, 0.15) is 18.2 Å². The van der Waals surface area contributed by atoms with Gasteiger partial charge in [-0.05, 0) is 37.1 Å². The van der Waals surface area contributed by atoms with E-state index in [9.17, 15) is 8.42 Å². The van der Waals surface area contributed by atoms with Gasteiger partial charge in [0.05, 0.1) is 5.69 Å². The lowest BCUT2D eigenvalue weighted by Gasteiger charge is -2.17. The summed E-state index contributed by atoms with van der Waals surface area (Å²) in [5, 5.41) is 7.06. The highest BCUT2D eigenvalue weighted by molar-refractivity contribution is 7.90. The van der Waals surface area contributed by atoms with Crippen molar-refractivity contribution in [3.8, 4) is 5.75 Å². The number of ether oxygens (including phenoxy) is 1. The van der Waals surface area contributed by atoms with E-state index < -0.39 is 10.2 Å². The molecule has 0 radical (unpaired) electrons. The lowest BCUT2D eigenvalue weighted by Crippen LogP contribution is -2.33. The summed E-state index contributed by atoms with van der Waals surface area (Å²) in [5.41, 5.74) is 5.66. The minimum atomic E-state index is -3.46. The molecular formula is C12H18N4O3S. The van der Waals surface area contributed by atoms with Gasteiger partial charge in [-0.1, -0.05) is 0 Å². The molecule has 1 heterocycles. The molecule has 8 heteroatoms. The van der Waals surface area contributed by atoms with E-state index in [1.54, 1.807) is 24.3 Å². The van der Waals surface area contributed by atoms with Gasteiger partial charge in [0.15, 0.2) is 0 Å². The second kappa shape index (κ2) is 6.10. The SMILES string of the molecule is N=C(N)COc1ccc(NS(=O)(=O)N2CCCC2)cc1. The van der Waals surface area contributed by atoms with Gasteiger partial charge in [-0.3, -0.25) is 10.1 Å². The first-order valence-corrected chi connectivity index (χ1v) is 7.75. The molecule has 0 saturated carbocycles. The Kier molecular flexibility index (Phi) is 4.46. The lowest BCUT2D eigenvalue weighted by molar-refractivity contribution is 0.374. The van der Waals surface area contributed by atoms with Gasteiger partial charge in [0.25, 0.3) is 0 Å². The van der Waals surface area contributed by atoms with Crippen LogP contribution in [-0.2, 0) is 10.2 Å². The fourth-order valence-corrected chi connectivity index (χ4v) is 3.22. The first-order chi connectivity index (χ1) is 9.47. The van der Waals surface area contributed by atoms with Gasteiger partial charge < -0.3 is 10.5 Å². The standard InChI is InChI=1S/C12H18N4O3S/c13-12(14)9-19-11-5-3-10(4-6-11)15-20(17,18)16-7-1-2-8-16/h3-6,15H,1-2,7-9H2,(H3,13,14). The van der Waals surface area contributed by atoms with Crippen molar-refractivity contribution in [3.05, 3.63) is 24.3 Å². The predicted molar refractivity (Wildman–Crippen MR) is 77.2 cm³/mol. The summed E-state index contributed by atoms with van der Waals surface area (Å²) in [4.78, 5) is 0. The molecule has 0 spiro atoms. The van der Waals surface area contributed by atoms with Crippen molar-refractivity contribution >= 4 is 21.7 Å². The molecule has 1 fully saturated rings. The number of nitrogens with two attached hydrogens (primary N) is 1. The number of benzene rings is 1. The smallest absolute Gasteiger partial charge is 0.301 e. The van der Waals surface area contributed by atoms with Crippen molar-refractivity contribution in [1.82, 2.24) is 4.31 Å². The summed E-state index contributed by atoms with van der Waals surface area (Å²) in [6.45, 7) is 1.14. The fraction of sp³-hybridized carbons (Fsp3) is 0.417. The monoisotopic (exact) mass is 298 g/mol. The predicted octanol–water partition coefficient (Wildman–Crippen LogP) is 0.754. The Bertz CT molecular complexity index is 565. The maximum atomic E-state index is 12.0. The normalized spacial score (nSPS) is 16.0. The third-order valence-electron chi connectivity index (χ3n) is 2.90. The van der Waals surface area contributed by atoms with Gasteiger partial charge in [-0.15, -0.1) is 0 Å². The van der Waals surface area contributed by atoms with E-state index >= 15 is 0 Å². The van der Waals surface area contributed by atoms with E-state index in [-0.39, 0.29) is 12.4 Å². The molecule has 1 aromatic rings. The first kappa shape index (κ1) is 14.6. The summed E-state index contributed by atoms with van der Waals surface area (Å²) in [6, 6.07) is 6.49. The largest absolute Gasteiger partial charge is 0.486 e. The highest BCUT2D eigenvalue weighted by Crippen LogP contribution is 2.19. The van der Waals surface area contributed by atoms with Gasteiger partial charge in [-0.2, -0.15) is 12.7 Å². The summed E-state index contributed by atoms with van der Waals surface area (Å²) >= 11 is 0. The van der Waals surface area contributed by atoms with Gasteiger partial charge in [-0.25, -0.2) is 0 Å². The number of hydrogen-bond donors (Lipinski definition) is 3. The van der Waals surface area contributed by atoms with Crippen LogP contribution in [0.15, 0.2) is 24.3 Å². The highest BCUT2D eigenvalue weighted by Gasteiger charge is 2.24. The Morgan fingerprint density at radius 1 is 1.30 bits per heavy atom. The third-order valence-corrected chi connectivity index (χ3v) is 4.44. The first-order valence-electron chi connectivity index (χ1n) is 6.31. The molecule has 1 aliphatic rings. The van der Waals surface area contributed by atoms with E-state index in [1.807, 2.05) is 0 Å². The number of nitrogens with one attached hydrogen (secondary N) is 2. The molecule has 2 rings (SSSR count). The lowest BCUT2D eigenvalue weighted by atomic mass is 10.3. The quantitative estimate of drug-likeness (QED) is 0.532. The summed E-state index contributed by atoms with van der Waals surface area (Å²) in [6.07, 6.45) is 1.80. The molecule has 20 heavy (non-hydrogen) atoms. The van der Waals surface area contributed by atoms with Gasteiger partial charge in [0.2, 0.25) is 0 Å². The molecular weight excluding hydrogens is 280 g/mol. The zero-order valence-electron chi connectivity index (χ0n) is 11.0. The molecule has 0 unspecified atom stereocenters. The summed E-state index contributed by atoms with van der Waals surface area (Å²) in [7, 11) is -3.46. The van der Waals surface area contributed by atoms with E-state index in [4.69, 9.17) is 15.9 Å². The number of rotatable bonds is 6. The van der Waals surface area contributed by atoms with Crippen LogP contribution in [0.4, 0.5) is 5.69 Å². The average molecular weight is 298 g/mol. The second-order valence-electron chi connectivity index (χ2n) is 4.55. The van der Waals surface area contributed by atoms with Crippen LogP contribution in [0.25, 0.3) is 0 Å². The Labute approximate surface area is 118 Å². The van der Waals surface area contributed by atoms with Crippen LogP contribution < -0.4 is 15.2 Å². The number of amidine groups is 1. The molecule has 0 aromatic heterocycles. The van der Waals surface area contributed by atoms with Crippen LogP contribution >= 0.6 is 0 Å². The molecule has 1 aliphatic heterocycles. The maximum absolute atomic E-state index is 12.0. The van der Waals surface area contributed by atoms with Crippen molar-refractivity contribution in [2.24, 2.45) is 5.73 Å². The maximum Gasteiger partial charge on any atom is 0.301 e. The van der Waals surface area contributed by atoms with Crippen molar-refractivity contribution in [2.75, 3.05) is 24.4 Å². The second-order valence-corrected chi connectivity index (χ2v) is 6.22. The Morgan fingerprint density at radius 2 is 1.90 bits per heavy atom. The van der Waals surface area contributed by atoms with E-state index in [0.717, 1.165) is 12.8 Å². The Hall–Kier alpha value is -1.80. The van der Waals surface area contributed by atoms with Crippen molar-refractivity contribution in [1.29, 1.82) is 5.41 Å². The Morgan fingerprint density at radius 3 is 2.45 bits per heavy atom. The molecule has 4 N–H and O–H groups in total. The minimum absolute atomic E-state index is 0.0127. The fourth-order valence-electron chi connectivity index (χ4n) is 1.92. The molecule has 110 valence electrons. The Balaban J connectivity index is 1.98. The number of nitrogens with zero attached hydrogens (tertiary/aromatic N) is 1. The summed E-state index contributed by atoms with van der Waals surface area (Å²) in [5.74, 6) is 0.466. The third kappa shape index (κ3) is 3.84. The van der Waals surface area contributed by atoms with Crippen molar-refractivity contribution < 1.29 is 13.2 Å². The van der Waals surface area contributed by atoms with E-state index in [0.29, 0.717) is 24.5 Å². The molecule has 7 nitrogen and oxygen atoms in total. The van der Waals surface area contributed by atoms with Crippen molar-refractivity contribution in [3.63, 3.8) is 0 Å². The van der Waals surface area contributed by atoms with Crippen LogP contribution in [0.5, 0.6) is 5.75 Å². The van der Waals surface area contributed by atoms with E-state index in [2.05, 4.69) is 4.72 Å². The highest BCUT2D eigenvalue weighted by atomic mass is 32.2. The molecule has 0 bridgehead atoms. The molecule has 0 amide bonds.